The summed E-state index contributed by atoms with van der Waals surface area (Å²) in [5.74, 6) is -0.0932. The molecule has 0 aromatic carbocycles. The molecule has 0 saturated heterocycles. The van der Waals surface area contributed by atoms with Crippen molar-refractivity contribution in [2.75, 3.05) is 5.32 Å². The van der Waals surface area contributed by atoms with Crippen LogP contribution in [0.5, 0.6) is 0 Å². The Balaban J connectivity index is 2.41. The summed E-state index contributed by atoms with van der Waals surface area (Å²) in [5.41, 5.74) is 5.64. The van der Waals surface area contributed by atoms with Gasteiger partial charge in [0.05, 0.1) is 11.0 Å². The van der Waals surface area contributed by atoms with E-state index in [-0.39, 0.29) is 11.9 Å². The van der Waals surface area contributed by atoms with Crippen molar-refractivity contribution in [1.82, 2.24) is 0 Å². The number of carbonyl (C=O) groups is 1. The summed E-state index contributed by atoms with van der Waals surface area (Å²) >= 11 is 1.50. The SMILES string of the molecule is CCCC(N)C(=O)Nc1cccs1. The van der Waals surface area contributed by atoms with Gasteiger partial charge in [0.25, 0.3) is 0 Å². The zero-order valence-electron chi connectivity index (χ0n) is 7.62. The van der Waals surface area contributed by atoms with Crippen molar-refractivity contribution in [3.8, 4) is 0 Å². The van der Waals surface area contributed by atoms with Crippen LogP contribution in [0.15, 0.2) is 17.5 Å². The van der Waals surface area contributed by atoms with E-state index in [0.717, 1.165) is 17.8 Å². The third-order valence-corrected chi connectivity index (χ3v) is 2.49. The van der Waals surface area contributed by atoms with E-state index in [4.69, 9.17) is 5.73 Å². The molecule has 3 N–H and O–H groups in total. The summed E-state index contributed by atoms with van der Waals surface area (Å²) in [6.45, 7) is 2.01. The maximum absolute atomic E-state index is 11.4. The van der Waals surface area contributed by atoms with E-state index in [1.165, 1.54) is 11.3 Å². The molecule has 3 nitrogen and oxygen atoms in total. The molecule has 0 bridgehead atoms. The second kappa shape index (κ2) is 4.99. The second-order valence-corrected chi connectivity index (χ2v) is 3.81. The summed E-state index contributed by atoms with van der Waals surface area (Å²) in [4.78, 5) is 11.4. The van der Waals surface area contributed by atoms with Crippen LogP contribution >= 0.6 is 11.3 Å². The van der Waals surface area contributed by atoms with E-state index < -0.39 is 0 Å². The Morgan fingerprint density at radius 1 is 1.77 bits per heavy atom. The smallest absolute Gasteiger partial charge is 0.241 e. The Hall–Kier alpha value is -0.870. The molecule has 1 amide bonds. The lowest BCUT2D eigenvalue weighted by molar-refractivity contribution is -0.117. The largest absolute Gasteiger partial charge is 0.320 e. The van der Waals surface area contributed by atoms with E-state index >= 15 is 0 Å². The van der Waals surface area contributed by atoms with Crippen molar-refractivity contribution in [2.24, 2.45) is 5.73 Å². The van der Waals surface area contributed by atoms with Crippen LogP contribution in [0.25, 0.3) is 0 Å². The van der Waals surface area contributed by atoms with Gasteiger partial charge in [0.15, 0.2) is 0 Å². The molecule has 1 aromatic heterocycles. The predicted molar refractivity (Wildman–Crippen MR) is 55.8 cm³/mol. The predicted octanol–water partition coefficient (Wildman–Crippen LogP) is 1.81. The fraction of sp³-hybridized carbons (Fsp3) is 0.444. The van der Waals surface area contributed by atoms with Gasteiger partial charge >= 0.3 is 0 Å². The van der Waals surface area contributed by atoms with Gasteiger partial charge in [-0.2, -0.15) is 0 Å². The van der Waals surface area contributed by atoms with Crippen molar-refractivity contribution < 1.29 is 4.79 Å². The molecule has 0 fully saturated rings. The lowest BCUT2D eigenvalue weighted by atomic mass is 10.2. The summed E-state index contributed by atoms with van der Waals surface area (Å²) in [5, 5.41) is 5.54. The van der Waals surface area contributed by atoms with E-state index in [1.54, 1.807) is 0 Å². The zero-order chi connectivity index (χ0) is 9.68. The minimum atomic E-state index is -0.382. The van der Waals surface area contributed by atoms with Crippen LogP contribution in [-0.4, -0.2) is 11.9 Å². The first-order valence-electron chi connectivity index (χ1n) is 4.34. The molecule has 72 valence electrons. The van der Waals surface area contributed by atoms with Crippen molar-refractivity contribution in [1.29, 1.82) is 0 Å². The van der Waals surface area contributed by atoms with Gasteiger partial charge in [0.2, 0.25) is 5.91 Å². The highest BCUT2D eigenvalue weighted by Crippen LogP contribution is 2.15. The highest BCUT2D eigenvalue weighted by atomic mass is 32.1. The van der Waals surface area contributed by atoms with Crippen LogP contribution in [-0.2, 0) is 4.79 Å². The fourth-order valence-corrected chi connectivity index (χ4v) is 1.63. The van der Waals surface area contributed by atoms with Crippen molar-refractivity contribution in [2.45, 2.75) is 25.8 Å². The Labute approximate surface area is 81.9 Å². The summed E-state index contributed by atoms with van der Waals surface area (Å²) in [6.07, 6.45) is 1.66. The van der Waals surface area contributed by atoms with Crippen molar-refractivity contribution in [3.05, 3.63) is 17.5 Å². The van der Waals surface area contributed by atoms with E-state index in [1.807, 2.05) is 24.4 Å². The maximum atomic E-state index is 11.4. The zero-order valence-corrected chi connectivity index (χ0v) is 8.43. The maximum Gasteiger partial charge on any atom is 0.241 e. The molecule has 0 saturated carbocycles. The molecule has 0 aliphatic rings. The quantitative estimate of drug-likeness (QED) is 0.775. The number of thiophene rings is 1. The molecule has 0 aliphatic heterocycles. The lowest BCUT2D eigenvalue weighted by Crippen LogP contribution is -2.35. The highest BCUT2D eigenvalue weighted by molar-refractivity contribution is 7.14. The molecule has 4 heteroatoms. The first kappa shape index (κ1) is 10.2. The Bertz CT molecular complexity index is 259. The van der Waals surface area contributed by atoms with Crippen molar-refractivity contribution >= 4 is 22.2 Å². The van der Waals surface area contributed by atoms with Crippen LogP contribution in [0.1, 0.15) is 19.8 Å². The number of nitrogens with one attached hydrogen (secondary N) is 1. The molecular formula is C9H14N2OS. The van der Waals surface area contributed by atoms with Crippen molar-refractivity contribution in [3.63, 3.8) is 0 Å². The second-order valence-electron chi connectivity index (χ2n) is 2.86. The van der Waals surface area contributed by atoms with Gasteiger partial charge in [-0.1, -0.05) is 13.3 Å². The number of nitrogens with two attached hydrogens (primary N) is 1. The molecular weight excluding hydrogens is 184 g/mol. The average Bonchev–Trinajstić information content (AvgIpc) is 2.57. The number of hydrogen-bond donors (Lipinski definition) is 2. The summed E-state index contributed by atoms with van der Waals surface area (Å²) in [6, 6.07) is 3.37. The molecule has 1 aromatic rings. The van der Waals surface area contributed by atoms with Gasteiger partial charge in [-0.05, 0) is 23.9 Å². The standard InChI is InChI=1S/C9H14N2OS/c1-2-4-7(10)9(12)11-8-5-3-6-13-8/h3,5-7H,2,4,10H2,1H3,(H,11,12). The number of amides is 1. The van der Waals surface area contributed by atoms with Gasteiger partial charge in [-0.15, -0.1) is 11.3 Å². The third kappa shape index (κ3) is 3.16. The highest BCUT2D eigenvalue weighted by Gasteiger charge is 2.11. The van der Waals surface area contributed by atoms with E-state index in [0.29, 0.717) is 0 Å². The Morgan fingerprint density at radius 2 is 2.54 bits per heavy atom. The fourth-order valence-electron chi connectivity index (χ4n) is 1.01. The van der Waals surface area contributed by atoms with Gasteiger partial charge in [-0.3, -0.25) is 4.79 Å². The molecule has 0 radical (unpaired) electrons. The minimum Gasteiger partial charge on any atom is -0.320 e. The first-order chi connectivity index (χ1) is 6.24. The van der Waals surface area contributed by atoms with Crippen LogP contribution in [0.2, 0.25) is 0 Å². The van der Waals surface area contributed by atoms with Gasteiger partial charge in [-0.25, -0.2) is 0 Å². The molecule has 1 unspecified atom stereocenters. The number of anilines is 1. The molecule has 13 heavy (non-hydrogen) atoms. The molecule has 0 aliphatic carbocycles. The summed E-state index contributed by atoms with van der Waals surface area (Å²) < 4.78 is 0. The minimum absolute atomic E-state index is 0.0932. The van der Waals surface area contributed by atoms with E-state index in [9.17, 15) is 4.79 Å². The number of rotatable bonds is 4. The van der Waals surface area contributed by atoms with Crippen LogP contribution in [0, 0.1) is 0 Å². The van der Waals surface area contributed by atoms with Gasteiger partial charge in [0.1, 0.15) is 0 Å². The summed E-state index contributed by atoms with van der Waals surface area (Å²) in [7, 11) is 0. The molecule has 1 rings (SSSR count). The Kier molecular flexibility index (Phi) is 3.92. The van der Waals surface area contributed by atoms with Gasteiger partial charge < -0.3 is 11.1 Å². The van der Waals surface area contributed by atoms with Gasteiger partial charge in [0, 0.05) is 0 Å². The first-order valence-corrected chi connectivity index (χ1v) is 5.22. The topological polar surface area (TPSA) is 55.1 Å². The van der Waals surface area contributed by atoms with Crippen LogP contribution in [0.3, 0.4) is 0 Å². The van der Waals surface area contributed by atoms with Crippen LogP contribution < -0.4 is 11.1 Å². The normalized spacial score (nSPS) is 12.5. The molecule has 0 spiro atoms. The monoisotopic (exact) mass is 198 g/mol. The number of hydrogen-bond acceptors (Lipinski definition) is 3. The van der Waals surface area contributed by atoms with E-state index in [2.05, 4.69) is 5.32 Å². The number of carbonyl (C=O) groups excluding carboxylic acids is 1. The molecule has 1 heterocycles. The third-order valence-electron chi connectivity index (χ3n) is 1.70. The van der Waals surface area contributed by atoms with Crippen LogP contribution in [0.4, 0.5) is 5.00 Å². The average molecular weight is 198 g/mol. The Morgan fingerprint density at radius 3 is 3.08 bits per heavy atom. The lowest BCUT2D eigenvalue weighted by Gasteiger charge is -2.09. The molecule has 1 atom stereocenters.